The van der Waals surface area contributed by atoms with E-state index in [9.17, 15) is 66.1 Å². The molecule has 0 aliphatic carbocycles. The fourth-order valence-electron chi connectivity index (χ4n) is 6.71. The second-order valence-electron chi connectivity index (χ2n) is 12.6. The predicted molar refractivity (Wildman–Crippen MR) is 178 cm³/mol. The van der Waals surface area contributed by atoms with Crippen LogP contribution >= 0.6 is 0 Å². The van der Waals surface area contributed by atoms with E-state index in [2.05, 4.69) is 0 Å². The Morgan fingerprint density at radius 3 is 1.74 bits per heavy atom. The number of hydrogen-bond donors (Lipinski definition) is 12. The summed E-state index contributed by atoms with van der Waals surface area (Å²) in [7, 11) is 0. The van der Waals surface area contributed by atoms with Gasteiger partial charge in [0, 0.05) is 46.9 Å². The molecule has 0 saturated heterocycles. The van der Waals surface area contributed by atoms with Crippen LogP contribution in [0.15, 0.2) is 66.7 Å². The van der Waals surface area contributed by atoms with Gasteiger partial charge in [-0.2, -0.15) is 0 Å². The first-order chi connectivity index (χ1) is 25.1. The number of benzene rings is 5. The Bertz CT molecular complexity index is 2280. The molecule has 7 rings (SSSR count). The molecule has 2 aliphatic heterocycles. The number of aliphatic hydroxyl groups is 1. The van der Waals surface area contributed by atoms with Crippen molar-refractivity contribution in [3.8, 4) is 74.7 Å². The summed E-state index contributed by atoms with van der Waals surface area (Å²) in [5.41, 5.74) is -0.657. The molecular formula is C37H30O16. The summed E-state index contributed by atoms with van der Waals surface area (Å²) in [5, 5.41) is 126. The van der Waals surface area contributed by atoms with E-state index in [1.807, 2.05) is 0 Å². The maximum Gasteiger partial charge on any atom is 0.338 e. The standard InChI is InChI=1S/C37H30O16/c38-16-9-22(43)29-27(10-16)52-36(14-2-4-19(40)21(42)6-14)34(49)31(29)30-23(44)12-26-17(32(30)47)11-28(35(51-26)13-1-3-18(39)20(41)5-13)53-37(50)15-7-24(45)33(48)25(46)8-15/h1-10,12,28,31,34-36,38-49H,11H2/t28-,31-,34-,35-,36-/m1/s1. The Hall–Kier alpha value is -7.07. The molecule has 5 atom stereocenters. The minimum Gasteiger partial charge on any atom is -0.508 e. The van der Waals surface area contributed by atoms with Gasteiger partial charge in [0.2, 0.25) is 0 Å². The molecule has 53 heavy (non-hydrogen) atoms. The summed E-state index contributed by atoms with van der Waals surface area (Å²) in [6, 6.07) is 12.1. The summed E-state index contributed by atoms with van der Waals surface area (Å²) in [5.74, 6) is -9.82. The predicted octanol–water partition coefficient (Wildman–Crippen LogP) is 3.98. The molecule has 0 amide bonds. The smallest absolute Gasteiger partial charge is 0.338 e. The molecule has 0 fully saturated rings. The van der Waals surface area contributed by atoms with Gasteiger partial charge in [0.1, 0.15) is 46.7 Å². The van der Waals surface area contributed by atoms with Crippen molar-refractivity contribution in [3.05, 3.63) is 100 Å². The van der Waals surface area contributed by atoms with Gasteiger partial charge < -0.3 is 75.5 Å². The van der Waals surface area contributed by atoms with Gasteiger partial charge in [-0.05, 0) is 42.0 Å². The van der Waals surface area contributed by atoms with Crippen LogP contribution in [-0.2, 0) is 11.2 Å². The maximum absolute atomic E-state index is 13.4. The van der Waals surface area contributed by atoms with Crippen molar-refractivity contribution >= 4 is 5.97 Å². The summed E-state index contributed by atoms with van der Waals surface area (Å²) in [6.45, 7) is 0. The molecule has 2 heterocycles. The van der Waals surface area contributed by atoms with E-state index in [1.165, 1.54) is 12.1 Å². The molecule has 0 aromatic heterocycles. The van der Waals surface area contributed by atoms with Crippen LogP contribution in [0.2, 0.25) is 0 Å². The molecule has 16 nitrogen and oxygen atoms in total. The average molecular weight is 731 g/mol. The number of carbonyl (C=O) groups is 1. The number of aromatic hydroxyl groups is 11. The largest absolute Gasteiger partial charge is 0.508 e. The minimum atomic E-state index is -1.72. The topological polar surface area (TPSA) is 288 Å². The number of rotatable bonds is 5. The van der Waals surface area contributed by atoms with E-state index >= 15 is 0 Å². The second kappa shape index (κ2) is 12.6. The average Bonchev–Trinajstić information content (AvgIpc) is 3.10. The number of aliphatic hydroxyl groups excluding tert-OH is 1. The first-order valence-electron chi connectivity index (χ1n) is 15.8. The van der Waals surface area contributed by atoms with Crippen molar-refractivity contribution in [2.24, 2.45) is 0 Å². The highest BCUT2D eigenvalue weighted by molar-refractivity contribution is 5.91. The quantitative estimate of drug-likeness (QED) is 0.0899. The number of fused-ring (bicyclic) bond motifs is 2. The third kappa shape index (κ3) is 5.85. The Morgan fingerprint density at radius 2 is 1.13 bits per heavy atom. The zero-order chi connectivity index (χ0) is 38.0. The monoisotopic (exact) mass is 730 g/mol. The number of carbonyl (C=O) groups excluding carboxylic acids is 1. The molecule has 0 bridgehead atoms. The number of hydrogen-bond acceptors (Lipinski definition) is 16. The number of ether oxygens (including phenoxy) is 3. The maximum atomic E-state index is 13.4. The van der Waals surface area contributed by atoms with E-state index in [4.69, 9.17) is 14.2 Å². The third-order valence-electron chi connectivity index (χ3n) is 9.23. The van der Waals surface area contributed by atoms with Gasteiger partial charge >= 0.3 is 5.97 Å². The SMILES string of the molecule is O=C(O[C@@H]1Cc2c(cc(O)c([C@H]3c4c(O)cc(O)cc4O[C@H](c4ccc(O)c(O)c4)[C@@H]3O)c2O)O[C@@H]1c1ccc(O)c(O)c1)c1cc(O)c(O)c(O)c1. The fraction of sp³-hybridized carbons (Fsp3) is 0.162. The van der Waals surface area contributed by atoms with Crippen molar-refractivity contribution in [2.75, 3.05) is 0 Å². The molecule has 5 aromatic carbocycles. The van der Waals surface area contributed by atoms with Crippen LogP contribution in [0.1, 0.15) is 56.3 Å². The number of phenols is 11. The van der Waals surface area contributed by atoms with E-state index in [-0.39, 0.29) is 45.7 Å². The molecule has 5 aromatic rings. The van der Waals surface area contributed by atoms with Crippen LogP contribution in [0, 0.1) is 0 Å². The van der Waals surface area contributed by atoms with Crippen LogP contribution in [-0.4, -0.2) is 79.5 Å². The van der Waals surface area contributed by atoms with Gasteiger partial charge in [-0.1, -0.05) is 12.1 Å². The Balaban J connectivity index is 1.35. The number of esters is 1. The fourth-order valence-corrected chi connectivity index (χ4v) is 6.71. The molecule has 2 aliphatic rings. The Labute approximate surface area is 297 Å². The summed E-state index contributed by atoms with van der Waals surface area (Å²) >= 11 is 0. The highest BCUT2D eigenvalue weighted by Gasteiger charge is 2.46. The lowest BCUT2D eigenvalue weighted by Crippen LogP contribution is -2.36. The van der Waals surface area contributed by atoms with Crippen molar-refractivity contribution < 1.29 is 80.3 Å². The van der Waals surface area contributed by atoms with Gasteiger partial charge in [0.05, 0.1) is 11.5 Å². The first kappa shape index (κ1) is 34.4. The molecular weight excluding hydrogens is 700 g/mol. The van der Waals surface area contributed by atoms with Crippen molar-refractivity contribution in [3.63, 3.8) is 0 Å². The van der Waals surface area contributed by atoms with E-state index in [1.54, 1.807) is 0 Å². The first-order valence-corrected chi connectivity index (χ1v) is 15.8. The molecule has 0 radical (unpaired) electrons. The summed E-state index contributed by atoms with van der Waals surface area (Å²) in [6.07, 6.45) is -6.10. The van der Waals surface area contributed by atoms with Gasteiger partial charge in [-0.15, -0.1) is 0 Å². The van der Waals surface area contributed by atoms with Crippen LogP contribution < -0.4 is 9.47 Å². The minimum absolute atomic E-state index is 0.0661. The van der Waals surface area contributed by atoms with Crippen molar-refractivity contribution in [1.82, 2.24) is 0 Å². The molecule has 0 unspecified atom stereocenters. The molecule has 0 spiro atoms. The number of phenolic OH excluding ortho intramolecular Hbond substituents is 11. The van der Waals surface area contributed by atoms with Gasteiger partial charge in [-0.3, -0.25) is 0 Å². The van der Waals surface area contributed by atoms with Crippen LogP contribution in [0.4, 0.5) is 0 Å². The van der Waals surface area contributed by atoms with E-state index in [0.29, 0.717) is 0 Å². The van der Waals surface area contributed by atoms with Crippen LogP contribution in [0.5, 0.6) is 74.7 Å². The van der Waals surface area contributed by atoms with Crippen molar-refractivity contribution in [1.29, 1.82) is 0 Å². The van der Waals surface area contributed by atoms with Crippen LogP contribution in [0.25, 0.3) is 0 Å². The second-order valence-corrected chi connectivity index (χ2v) is 12.6. The molecule has 16 heteroatoms. The van der Waals surface area contributed by atoms with Gasteiger partial charge in [-0.25, -0.2) is 4.79 Å². The summed E-state index contributed by atoms with van der Waals surface area (Å²) < 4.78 is 17.8. The van der Waals surface area contributed by atoms with Crippen LogP contribution in [0.3, 0.4) is 0 Å². The highest BCUT2D eigenvalue weighted by atomic mass is 16.6. The Kier molecular flexibility index (Phi) is 8.18. The Morgan fingerprint density at radius 1 is 0.566 bits per heavy atom. The molecule has 0 saturated carbocycles. The van der Waals surface area contributed by atoms with E-state index < -0.39 is 105 Å². The lowest BCUT2D eigenvalue weighted by Gasteiger charge is -2.39. The highest BCUT2D eigenvalue weighted by Crippen LogP contribution is 2.57. The molecule has 12 N–H and O–H groups in total. The lowest BCUT2D eigenvalue weighted by molar-refractivity contribution is -0.0191. The van der Waals surface area contributed by atoms with Crippen molar-refractivity contribution in [2.45, 2.75) is 36.8 Å². The van der Waals surface area contributed by atoms with Gasteiger partial charge in [0.25, 0.3) is 0 Å². The van der Waals surface area contributed by atoms with E-state index in [0.717, 1.165) is 54.6 Å². The lowest BCUT2D eigenvalue weighted by atomic mass is 9.77. The van der Waals surface area contributed by atoms with Gasteiger partial charge in [0.15, 0.2) is 52.5 Å². The zero-order valence-electron chi connectivity index (χ0n) is 26.9. The normalized spacial score (nSPS) is 20.4. The summed E-state index contributed by atoms with van der Waals surface area (Å²) in [4.78, 5) is 13.4. The third-order valence-corrected chi connectivity index (χ3v) is 9.23. The zero-order valence-corrected chi connectivity index (χ0v) is 26.9. The molecule has 274 valence electrons.